The Hall–Kier alpha value is -2.89. The van der Waals surface area contributed by atoms with E-state index in [1.54, 1.807) is 14.2 Å². The van der Waals surface area contributed by atoms with Crippen LogP contribution in [0.1, 0.15) is 48.1 Å². The van der Waals surface area contributed by atoms with E-state index >= 15 is 0 Å². The highest BCUT2D eigenvalue weighted by molar-refractivity contribution is 5.48. The summed E-state index contributed by atoms with van der Waals surface area (Å²) in [5, 5.41) is 0. The molecule has 2 heterocycles. The highest BCUT2D eigenvalue weighted by Gasteiger charge is 2.21. The molecule has 0 aliphatic carbocycles. The van der Waals surface area contributed by atoms with Crippen molar-refractivity contribution in [1.29, 1.82) is 0 Å². The van der Waals surface area contributed by atoms with Gasteiger partial charge in [0.2, 0.25) is 0 Å². The molecule has 4 rings (SSSR count). The average molecular weight is 460 g/mol. The lowest BCUT2D eigenvalue weighted by Crippen LogP contribution is -2.24. The van der Waals surface area contributed by atoms with E-state index in [2.05, 4.69) is 69.4 Å². The normalized spacial score (nSPS) is 13.3. The summed E-state index contributed by atoms with van der Waals surface area (Å²) in [4.78, 5) is 9.60. The van der Waals surface area contributed by atoms with Crippen LogP contribution in [0.15, 0.2) is 66.9 Å². The van der Waals surface area contributed by atoms with Crippen molar-refractivity contribution in [3.05, 3.63) is 89.2 Å². The van der Waals surface area contributed by atoms with Crippen LogP contribution >= 0.6 is 0 Å². The van der Waals surface area contributed by atoms with Gasteiger partial charge in [-0.15, -0.1) is 0 Å². The summed E-state index contributed by atoms with van der Waals surface area (Å²) in [6.45, 7) is 6.11. The SMILES string of the molecule is COc1cc2c(cc1OC)CN(CCCCCCN(Cc1ccccc1)Cc1ccccn1)C2. The minimum Gasteiger partial charge on any atom is -0.493 e. The standard InChI is InChI=1S/C29H37N3O2/c1-33-28-18-25-21-32(22-26(25)19-29(28)34-2)17-11-4-3-10-16-31(20-24-12-6-5-7-13-24)23-27-14-8-9-15-30-27/h5-9,12-15,18-19H,3-4,10-11,16-17,20-23H2,1-2H3. The fourth-order valence-electron chi connectivity index (χ4n) is 4.75. The largest absolute Gasteiger partial charge is 0.493 e. The Morgan fingerprint density at radius 3 is 2.12 bits per heavy atom. The molecule has 0 bridgehead atoms. The molecule has 0 saturated carbocycles. The summed E-state index contributed by atoms with van der Waals surface area (Å²) >= 11 is 0. The number of aromatic nitrogens is 1. The highest BCUT2D eigenvalue weighted by Crippen LogP contribution is 2.35. The number of methoxy groups -OCH3 is 2. The second-order valence-corrected chi connectivity index (χ2v) is 9.12. The van der Waals surface area contributed by atoms with E-state index in [1.807, 2.05) is 12.3 Å². The van der Waals surface area contributed by atoms with Crippen molar-refractivity contribution in [1.82, 2.24) is 14.8 Å². The van der Waals surface area contributed by atoms with Crippen molar-refractivity contribution in [2.45, 2.75) is 51.9 Å². The second kappa shape index (κ2) is 12.5. The number of rotatable bonds is 13. The molecular weight excluding hydrogens is 422 g/mol. The molecule has 0 radical (unpaired) electrons. The number of benzene rings is 2. The van der Waals surface area contributed by atoms with E-state index in [9.17, 15) is 0 Å². The molecule has 0 N–H and O–H groups in total. The first-order chi connectivity index (χ1) is 16.7. The van der Waals surface area contributed by atoms with Crippen LogP contribution in [0.4, 0.5) is 0 Å². The highest BCUT2D eigenvalue weighted by atomic mass is 16.5. The van der Waals surface area contributed by atoms with Gasteiger partial charge in [-0.25, -0.2) is 0 Å². The fourth-order valence-corrected chi connectivity index (χ4v) is 4.75. The van der Waals surface area contributed by atoms with Crippen molar-refractivity contribution in [3.8, 4) is 11.5 Å². The molecule has 0 amide bonds. The molecule has 0 spiro atoms. The zero-order valence-corrected chi connectivity index (χ0v) is 20.6. The van der Waals surface area contributed by atoms with E-state index in [0.29, 0.717) is 0 Å². The number of nitrogens with zero attached hydrogens (tertiary/aromatic N) is 3. The van der Waals surface area contributed by atoms with Crippen molar-refractivity contribution in [2.75, 3.05) is 27.3 Å². The molecule has 5 heteroatoms. The van der Waals surface area contributed by atoms with Crippen molar-refractivity contribution < 1.29 is 9.47 Å². The maximum Gasteiger partial charge on any atom is 0.161 e. The van der Waals surface area contributed by atoms with Crippen molar-refractivity contribution in [3.63, 3.8) is 0 Å². The summed E-state index contributed by atoms with van der Waals surface area (Å²) in [5.41, 5.74) is 5.23. The predicted octanol–water partition coefficient (Wildman–Crippen LogP) is 5.68. The van der Waals surface area contributed by atoms with Crippen LogP contribution in [0.2, 0.25) is 0 Å². The van der Waals surface area contributed by atoms with Crippen LogP contribution in [-0.2, 0) is 26.2 Å². The lowest BCUT2D eigenvalue weighted by atomic mass is 10.1. The molecule has 2 aromatic carbocycles. The smallest absolute Gasteiger partial charge is 0.161 e. The molecule has 180 valence electrons. The summed E-state index contributed by atoms with van der Waals surface area (Å²) < 4.78 is 10.9. The van der Waals surface area contributed by atoms with Gasteiger partial charge in [-0.3, -0.25) is 14.8 Å². The third-order valence-electron chi connectivity index (χ3n) is 6.55. The van der Waals surface area contributed by atoms with Gasteiger partial charge >= 0.3 is 0 Å². The minimum atomic E-state index is 0.828. The Kier molecular flexibility index (Phi) is 8.94. The Morgan fingerprint density at radius 1 is 0.794 bits per heavy atom. The summed E-state index contributed by atoms with van der Waals surface area (Å²) in [6.07, 6.45) is 6.87. The molecule has 3 aromatic rings. The minimum absolute atomic E-state index is 0.828. The van der Waals surface area contributed by atoms with Gasteiger partial charge in [0.1, 0.15) is 0 Å². The third kappa shape index (κ3) is 6.81. The van der Waals surface area contributed by atoms with Gasteiger partial charge in [0, 0.05) is 32.4 Å². The molecule has 0 saturated heterocycles. The summed E-state index contributed by atoms with van der Waals surface area (Å²) in [5.74, 6) is 1.66. The zero-order valence-electron chi connectivity index (χ0n) is 20.6. The molecule has 0 fully saturated rings. The number of fused-ring (bicyclic) bond motifs is 1. The third-order valence-corrected chi connectivity index (χ3v) is 6.55. The van der Waals surface area contributed by atoms with Crippen LogP contribution in [0.5, 0.6) is 11.5 Å². The van der Waals surface area contributed by atoms with Gasteiger partial charge in [0.05, 0.1) is 19.9 Å². The van der Waals surface area contributed by atoms with Crippen LogP contribution in [0.25, 0.3) is 0 Å². The molecular formula is C29H37N3O2. The Bertz CT molecular complexity index is 936. The first-order valence-electron chi connectivity index (χ1n) is 12.4. The number of pyridine rings is 1. The molecule has 34 heavy (non-hydrogen) atoms. The molecule has 0 atom stereocenters. The Balaban J connectivity index is 1.19. The van der Waals surface area contributed by atoms with Crippen LogP contribution in [0.3, 0.4) is 0 Å². The maximum absolute atomic E-state index is 5.46. The predicted molar refractivity (Wildman–Crippen MR) is 137 cm³/mol. The van der Waals surface area contributed by atoms with E-state index in [0.717, 1.165) is 56.5 Å². The molecule has 5 nitrogen and oxygen atoms in total. The van der Waals surface area contributed by atoms with E-state index in [-0.39, 0.29) is 0 Å². The van der Waals surface area contributed by atoms with E-state index in [1.165, 1.54) is 42.4 Å². The molecule has 1 aliphatic rings. The van der Waals surface area contributed by atoms with Gasteiger partial charge in [-0.1, -0.05) is 49.2 Å². The number of ether oxygens (including phenoxy) is 2. The van der Waals surface area contributed by atoms with Gasteiger partial charge in [-0.2, -0.15) is 0 Å². The number of hydrogen-bond acceptors (Lipinski definition) is 5. The fraction of sp³-hybridized carbons (Fsp3) is 0.414. The van der Waals surface area contributed by atoms with Crippen molar-refractivity contribution >= 4 is 0 Å². The first-order valence-corrected chi connectivity index (χ1v) is 12.4. The number of hydrogen-bond donors (Lipinski definition) is 0. The Labute approximate surface area is 204 Å². The van der Waals surface area contributed by atoms with Crippen molar-refractivity contribution in [2.24, 2.45) is 0 Å². The summed E-state index contributed by atoms with van der Waals surface area (Å²) in [7, 11) is 3.41. The van der Waals surface area contributed by atoms with Crippen LogP contribution < -0.4 is 9.47 Å². The molecule has 1 aromatic heterocycles. The van der Waals surface area contributed by atoms with E-state index in [4.69, 9.17) is 9.47 Å². The lowest BCUT2D eigenvalue weighted by molar-refractivity contribution is 0.243. The molecule has 0 unspecified atom stereocenters. The number of unbranched alkanes of at least 4 members (excludes halogenated alkanes) is 3. The second-order valence-electron chi connectivity index (χ2n) is 9.12. The quantitative estimate of drug-likeness (QED) is 0.308. The lowest BCUT2D eigenvalue weighted by Gasteiger charge is -2.22. The van der Waals surface area contributed by atoms with Gasteiger partial charge in [-0.05, 0) is 66.9 Å². The van der Waals surface area contributed by atoms with E-state index < -0.39 is 0 Å². The first kappa shape index (κ1) is 24.2. The molecule has 1 aliphatic heterocycles. The van der Waals surface area contributed by atoms with Gasteiger partial charge in [0.15, 0.2) is 11.5 Å². The maximum atomic E-state index is 5.46. The average Bonchev–Trinajstić information content (AvgIpc) is 3.28. The zero-order chi connectivity index (χ0) is 23.6. The summed E-state index contributed by atoms with van der Waals surface area (Å²) in [6, 6.07) is 21.2. The Morgan fingerprint density at radius 2 is 1.47 bits per heavy atom. The van der Waals surface area contributed by atoms with Gasteiger partial charge < -0.3 is 9.47 Å². The van der Waals surface area contributed by atoms with Gasteiger partial charge in [0.25, 0.3) is 0 Å². The topological polar surface area (TPSA) is 37.8 Å². The monoisotopic (exact) mass is 459 g/mol. The van der Waals surface area contributed by atoms with Crippen LogP contribution in [0, 0.1) is 0 Å². The van der Waals surface area contributed by atoms with Crippen LogP contribution in [-0.4, -0.2) is 42.1 Å².